The molecule has 0 spiro atoms. The summed E-state index contributed by atoms with van der Waals surface area (Å²) in [6.07, 6.45) is 1.49. The first-order valence-corrected chi connectivity index (χ1v) is 6.66. The van der Waals surface area contributed by atoms with Gasteiger partial charge in [0.2, 0.25) is 0 Å². The van der Waals surface area contributed by atoms with Crippen molar-refractivity contribution in [2.24, 2.45) is 0 Å². The molecule has 0 fully saturated rings. The molecule has 0 radical (unpaired) electrons. The van der Waals surface area contributed by atoms with E-state index >= 15 is 0 Å². The van der Waals surface area contributed by atoms with Gasteiger partial charge in [-0.2, -0.15) is 5.10 Å². The molecule has 5 nitrogen and oxygen atoms in total. The molecule has 0 saturated carbocycles. The molecular formula is C8H12ClN3O2S. The molecular weight excluding hydrogens is 238 g/mol. The van der Waals surface area contributed by atoms with Crippen molar-refractivity contribution in [3.05, 3.63) is 17.4 Å². The van der Waals surface area contributed by atoms with Crippen molar-refractivity contribution in [2.75, 3.05) is 23.4 Å². The zero-order valence-electron chi connectivity index (χ0n) is 8.27. The molecule has 0 amide bonds. The average Bonchev–Trinajstić information content (AvgIpc) is 2.18. The first-order chi connectivity index (χ1) is 7.03. The summed E-state index contributed by atoms with van der Waals surface area (Å²) >= 11 is 5.61. The molecule has 0 aromatic carbocycles. The molecule has 0 unspecified atom stereocenters. The third kappa shape index (κ3) is 4.44. The standard InChI is InChI=1S/C8H12ClN3O2S/c1-2-15(13,14)4-3-10-7-5-8(9)12-11-6-7/h5-6H,2-4H2,1H3,(H,10,12). The van der Waals surface area contributed by atoms with Crippen LogP contribution in [0.3, 0.4) is 0 Å². The fraction of sp³-hybridized carbons (Fsp3) is 0.500. The number of anilines is 1. The lowest BCUT2D eigenvalue weighted by molar-refractivity contribution is 0.597. The number of nitrogens with zero attached hydrogens (tertiary/aromatic N) is 2. The topological polar surface area (TPSA) is 72.0 Å². The van der Waals surface area contributed by atoms with Crippen LogP contribution in [0.4, 0.5) is 5.69 Å². The normalized spacial score (nSPS) is 11.3. The summed E-state index contributed by atoms with van der Waals surface area (Å²) in [4.78, 5) is 0. The van der Waals surface area contributed by atoms with Crippen molar-refractivity contribution in [1.82, 2.24) is 10.2 Å². The summed E-state index contributed by atoms with van der Waals surface area (Å²) in [5.74, 6) is 0.257. The molecule has 0 aliphatic heterocycles. The second-order valence-electron chi connectivity index (χ2n) is 2.93. The van der Waals surface area contributed by atoms with Gasteiger partial charge >= 0.3 is 0 Å². The Balaban J connectivity index is 2.45. The predicted molar refractivity (Wildman–Crippen MR) is 59.9 cm³/mol. The zero-order valence-corrected chi connectivity index (χ0v) is 9.85. The summed E-state index contributed by atoms with van der Waals surface area (Å²) in [5, 5.41) is 10.4. The maximum atomic E-state index is 11.2. The number of sulfone groups is 1. The Kier molecular flexibility index (Phi) is 4.28. The third-order valence-electron chi connectivity index (χ3n) is 1.81. The summed E-state index contributed by atoms with van der Waals surface area (Å²) in [6.45, 7) is 1.97. The Bertz CT molecular complexity index is 422. The van der Waals surface area contributed by atoms with E-state index in [2.05, 4.69) is 15.5 Å². The second-order valence-corrected chi connectivity index (χ2v) is 5.79. The van der Waals surface area contributed by atoms with Crippen molar-refractivity contribution >= 4 is 27.1 Å². The minimum Gasteiger partial charge on any atom is -0.383 e. The molecule has 15 heavy (non-hydrogen) atoms. The molecule has 7 heteroatoms. The van der Waals surface area contributed by atoms with E-state index in [4.69, 9.17) is 11.6 Å². The highest BCUT2D eigenvalue weighted by molar-refractivity contribution is 7.91. The van der Waals surface area contributed by atoms with Crippen molar-refractivity contribution in [3.63, 3.8) is 0 Å². The van der Waals surface area contributed by atoms with E-state index in [1.165, 1.54) is 6.20 Å². The van der Waals surface area contributed by atoms with Gasteiger partial charge in [0.1, 0.15) is 0 Å². The van der Waals surface area contributed by atoms with Gasteiger partial charge in [0, 0.05) is 18.4 Å². The molecule has 1 N–H and O–H groups in total. The SMILES string of the molecule is CCS(=O)(=O)CCNc1cnnc(Cl)c1. The lowest BCUT2D eigenvalue weighted by atomic mass is 10.5. The number of hydrogen-bond donors (Lipinski definition) is 1. The molecule has 0 bridgehead atoms. The van der Waals surface area contributed by atoms with Gasteiger partial charge in [-0.05, 0) is 0 Å². The molecule has 0 atom stereocenters. The number of aromatic nitrogens is 2. The fourth-order valence-corrected chi connectivity index (χ4v) is 1.80. The first kappa shape index (κ1) is 12.2. The van der Waals surface area contributed by atoms with Crippen LogP contribution in [-0.4, -0.2) is 36.7 Å². The van der Waals surface area contributed by atoms with Crippen LogP contribution in [0.1, 0.15) is 6.92 Å². The summed E-state index contributed by atoms with van der Waals surface area (Å²) < 4.78 is 22.3. The van der Waals surface area contributed by atoms with Crippen molar-refractivity contribution in [1.29, 1.82) is 0 Å². The van der Waals surface area contributed by atoms with Crippen LogP contribution in [0.2, 0.25) is 5.15 Å². The average molecular weight is 250 g/mol. The molecule has 0 saturated heterocycles. The Hall–Kier alpha value is -0.880. The van der Waals surface area contributed by atoms with Gasteiger partial charge in [0.25, 0.3) is 0 Å². The van der Waals surface area contributed by atoms with Crippen LogP contribution in [-0.2, 0) is 9.84 Å². The number of rotatable bonds is 5. The largest absolute Gasteiger partial charge is 0.383 e. The number of halogens is 1. The summed E-state index contributed by atoms with van der Waals surface area (Å²) in [6, 6.07) is 1.59. The van der Waals surface area contributed by atoms with E-state index < -0.39 is 9.84 Å². The van der Waals surface area contributed by atoms with Gasteiger partial charge in [-0.15, -0.1) is 5.10 Å². The van der Waals surface area contributed by atoms with E-state index in [0.717, 1.165) is 0 Å². The maximum absolute atomic E-state index is 11.2. The molecule has 84 valence electrons. The minimum atomic E-state index is -2.93. The number of nitrogens with one attached hydrogen (secondary N) is 1. The van der Waals surface area contributed by atoms with E-state index in [1.807, 2.05) is 0 Å². The van der Waals surface area contributed by atoms with E-state index in [9.17, 15) is 8.42 Å². The molecule has 1 heterocycles. The summed E-state index contributed by atoms with van der Waals surface area (Å²) in [5.41, 5.74) is 0.668. The van der Waals surface area contributed by atoms with Gasteiger partial charge in [-0.1, -0.05) is 18.5 Å². The van der Waals surface area contributed by atoms with Crippen molar-refractivity contribution in [2.45, 2.75) is 6.92 Å². The molecule has 0 aliphatic rings. The molecule has 0 aliphatic carbocycles. The third-order valence-corrected chi connectivity index (χ3v) is 3.70. The highest BCUT2D eigenvalue weighted by Gasteiger charge is 2.06. The van der Waals surface area contributed by atoms with Crippen molar-refractivity contribution < 1.29 is 8.42 Å². The number of hydrogen-bond acceptors (Lipinski definition) is 5. The Morgan fingerprint density at radius 1 is 1.53 bits per heavy atom. The van der Waals surface area contributed by atoms with E-state index in [-0.39, 0.29) is 16.7 Å². The lowest BCUT2D eigenvalue weighted by Crippen LogP contribution is -2.17. The zero-order chi connectivity index (χ0) is 11.3. The van der Waals surface area contributed by atoms with E-state index in [0.29, 0.717) is 12.2 Å². The lowest BCUT2D eigenvalue weighted by Gasteiger charge is -2.05. The highest BCUT2D eigenvalue weighted by atomic mass is 35.5. The van der Waals surface area contributed by atoms with Crippen LogP contribution in [0.15, 0.2) is 12.3 Å². The Morgan fingerprint density at radius 2 is 2.27 bits per heavy atom. The maximum Gasteiger partial charge on any atom is 0.153 e. The smallest absolute Gasteiger partial charge is 0.153 e. The monoisotopic (exact) mass is 249 g/mol. The molecule has 1 aromatic heterocycles. The molecule has 1 aromatic rings. The van der Waals surface area contributed by atoms with Gasteiger partial charge in [-0.25, -0.2) is 8.42 Å². The highest BCUT2D eigenvalue weighted by Crippen LogP contribution is 2.09. The van der Waals surface area contributed by atoms with Crippen LogP contribution < -0.4 is 5.32 Å². The van der Waals surface area contributed by atoms with Crippen LogP contribution in [0, 0.1) is 0 Å². The van der Waals surface area contributed by atoms with E-state index in [1.54, 1.807) is 13.0 Å². The van der Waals surface area contributed by atoms with Crippen LogP contribution >= 0.6 is 11.6 Å². The minimum absolute atomic E-state index is 0.101. The van der Waals surface area contributed by atoms with Crippen molar-refractivity contribution in [3.8, 4) is 0 Å². The Labute approximate surface area is 93.8 Å². The predicted octanol–water partition coefficient (Wildman–Crippen LogP) is 0.977. The quantitative estimate of drug-likeness (QED) is 0.842. The molecule has 1 rings (SSSR count). The second kappa shape index (κ2) is 5.27. The van der Waals surface area contributed by atoms with Gasteiger partial charge in [0.05, 0.1) is 17.6 Å². The Morgan fingerprint density at radius 3 is 2.87 bits per heavy atom. The van der Waals surface area contributed by atoms with Gasteiger partial charge in [-0.3, -0.25) is 0 Å². The summed E-state index contributed by atoms with van der Waals surface area (Å²) in [7, 11) is -2.93. The van der Waals surface area contributed by atoms with Crippen LogP contribution in [0.5, 0.6) is 0 Å². The fourth-order valence-electron chi connectivity index (χ4n) is 0.933. The first-order valence-electron chi connectivity index (χ1n) is 4.46. The van der Waals surface area contributed by atoms with Crippen LogP contribution in [0.25, 0.3) is 0 Å². The van der Waals surface area contributed by atoms with Gasteiger partial charge < -0.3 is 5.32 Å². The van der Waals surface area contributed by atoms with Gasteiger partial charge in [0.15, 0.2) is 15.0 Å².